The lowest BCUT2D eigenvalue weighted by Gasteiger charge is -2.19. The monoisotopic (exact) mass is 154 g/mol. The van der Waals surface area contributed by atoms with Gasteiger partial charge in [-0.1, -0.05) is 26.3 Å². The van der Waals surface area contributed by atoms with Crippen molar-refractivity contribution in [3.05, 3.63) is 11.6 Å². The molecule has 0 heterocycles. The van der Waals surface area contributed by atoms with Crippen molar-refractivity contribution in [2.24, 2.45) is 16.1 Å². The fraction of sp³-hybridized carbons (Fsp3) is 0.667. The number of nitrogens with zero attached hydrogens (tertiary/aromatic N) is 1. The quantitative estimate of drug-likeness (QED) is 0.455. The van der Waals surface area contributed by atoms with E-state index in [2.05, 4.69) is 32.7 Å². The Morgan fingerprint density at radius 3 is 2.09 bits per heavy atom. The Kier molecular flexibility index (Phi) is 3.30. The summed E-state index contributed by atoms with van der Waals surface area (Å²) in [5, 5.41) is 0. The minimum Gasteiger partial charge on any atom is -0.384 e. The van der Waals surface area contributed by atoms with Gasteiger partial charge in [0.2, 0.25) is 0 Å². The lowest BCUT2D eigenvalue weighted by Crippen LogP contribution is -2.13. The summed E-state index contributed by atoms with van der Waals surface area (Å²) in [6.07, 6.45) is 1.92. The van der Waals surface area contributed by atoms with Gasteiger partial charge in [0.15, 0.2) is 0 Å². The van der Waals surface area contributed by atoms with Crippen LogP contribution in [0.5, 0.6) is 0 Å². The van der Waals surface area contributed by atoms with Crippen molar-refractivity contribution in [3.8, 4) is 0 Å². The summed E-state index contributed by atoms with van der Waals surface area (Å²) in [4.78, 5) is 3.86. The van der Waals surface area contributed by atoms with Crippen molar-refractivity contribution in [1.82, 2.24) is 0 Å². The maximum atomic E-state index is 5.54. The number of allylic oxidation sites excluding steroid dienone is 1. The SMILES string of the molecule is CN=C(N)/C=C(\C)C(C)(C)C. The zero-order valence-corrected chi connectivity index (χ0v) is 8.10. The Balaban J connectivity index is 4.48. The van der Waals surface area contributed by atoms with Crippen LogP contribution in [0.4, 0.5) is 0 Å². The molecule has 0 unspecified atom stereocenters. The minimum atomic E-state index is 0.190. The minimum absolute atomic E-state index is 0.190. The highest BCUT2D eigenvalue weighted by Crippen LogP contribution is 2.23. The second-order valence-electron chi connectivity index (χ2n) is 3.73. The highest BCUT2D eigenvalue weighted by atomic mass is 14.8. The number of rotatable bonds is 1. The molecule has 0 aliphatic rings. The van der Waals surface area contributed by atoms with Gasteiger partial charge in [-0.25, -0.2) is 0 Å². The van der Waals surface area contributed by atoms with Crippen LogP contribution < -0.4 is 5.73 Å². The smallest absolute Gasteiger partial charge is 0.117 e. The number of nitrogens with two attached hydrogens (primary N) is 1. The number of aliphatic imine (C=N–C) groups is 1. The molecule has 0 bridgehead atoms. The molecule has 64 valence electrons. The summed E-state index contributed by atoms with van der Waals surface area (Å²) in [6, 6.07) is 0. The van der Waals surface area contributed by atoms with E-state index >= 15 is 0 Å². The van der Waals surface area contributed by atoms with E-state index in [-0.39, 0.29) is 5.41 Å². The average molecular weight is 154 g/mol. The van der Waals surface area contributed by atoms with Crippen LogP contribution in [0.1, 0.15) is 27.7 Å². The van der Waals surface area contributed by atoms with Crippen LogP contribution in [0.15, 0.2) is 16.6 Å². The molecule has 0 aromatic carbocycles. The van der Waals surface area contributed by atoms with E-state index in [0.29, 0.717) is 5.84 Å². The Morgan fingerprint density at radius 1 is 1.36 bits per heavy atom. The van der Waals surface area contributed by atoms with Crippen LogP contribution in [0.2, 0.25) is 0 Å². The first-order valence-electron chi connectivity index (χ1n) is 3.79. The molecule has 0 saturated carbocycles. The van der Waals surface area contributed by atoms with E-state index in [4.69, 9.17) is 5.73 Å². The van der Waals surface area contributed by atoms with Gasteiger partial charge in [-0.05, 0) is 18.4 Å². The van der Waals surface area contributed by atoms with Gasteiger partial charge in [0, 0.05) is 7.05 Å². The maximum Gasteiger partial charge on any atom is 0.117 e. The van der Waals surface area contributed by atoms with E-state index in [0.717, 1.165) is 0 Å². The van der Waals surface area contributed by atoms with E-state index < -0.39 is 0 Å². The van der Waals surface area contributed by atoms with Gasteiger partial charge < -0.3 is 5.73 Å². The van der Waals surface area contributed by atoms with Crippen LogP contribution in [0.3, 0.4) is 0 Å². The molecule has 0 aromatic heterocycles. The van der Waals surface area contributed by atoms with Gasteiger partial charge in [0.25, 0.3) is 0 Å². The molecule has 0 radical (unpaired) electrons. The van der Waals surface area contributed by atoms with Crippen LogP contribution in [0, 0.1) is 5.41 Å². The van der Waals surface area contributed by atoms with Crippen LogP contribution in [0.25, 0.3) is 0 Å². The Labute approximate surface area is 69.2 Å². The second kappa shape index (κ2) is 3.56. The van der Waals surface area contributed by atoms with Gasteiger partial charge >= 0.3 is 0 Å². The molecular formula is C9H18N2. The van der Waals surface area contributed by atoms with Crippen molar-refractivity contribution >= 4 is 5.84 Å². The molecule has 11 heavy (non-hydrogen) atoms. The number of amidine groups is 1. The zero-order chi connectivity index (χ0) is 9.07. The third-order valence-corrected chi connectivity index (χ3v) is 1.81. The summed E-state index contributed by atoms with van der Waals surface area (Å²) in [7, 11) is 1.70. The largest absolute Gasteiger partial charge is 0.384 e. The first-order chi connectivity index (χ1) is 4.88. The standard InChI is InChI=1S/C9H18N2/c1-7(9(2,3)4)6-8(10)11-5/h6H,1-5H3,(H2,10,11)/b7-6+. The fourth-order valence-electron chi connectivity index (χ4n) is 0.503. The summed E-state index contributed by atoms with van der Waals surface area (Å²) in [6.45, 7) is 8.53. The molecule has 0 aliphatic carbocycles. The molecule has 2 heteroatoms. The summed E-state index contributed by atoms with van der Waals surface area (Å²) in [5.74, 6) is 0.595. The second-order valence-corrected chi connectivity index (χ2v) is 3.73. The summed E-state index contributed by atoms with van der Waals surface area (Å²) >= 11 is 0. The highest BCUT2D eigenvalue weighted by Gasteiger charge is 2.11. The van der Waals surface area contributed by atoms with E-state index in [1.165, 1.54) is 5.57 Å². The molecule has 0 fully saturated rings. The lowest BCUT2D eigenvalue weighted by molar-refractivity contribution is 0.504. The van der Waals surface area contributed by atoms with Crippen LogP contribution in [-0.2, 0) is 0 Å². The average Bonchev–Trinajstić information content (AvgIpc) is 1.85. The van der Waals surface area contributed by atoms with Crippen molar-refractivity contribution in [2.75, 3.05) is 7.05 Å². The van der Waals surface area contributed by atoms with Crippen LogP contribution >= 0.6 is 0 Å². The first kappa shape index (κ1) is 10.2. The molecule has 0 atom stereocenters. The van der Waals surface area contributed by atoms with Crippen molar-refractivity contribution in [3.63, 3.8) is 0 Å². The van der Waals surface area contributed by atoms with Crippen LogP contribution in [-0.4, -0.2) is 12.9 Å². The Bertz CT molecular complexity index is 182. The van der Waals surface area contributed by atoms with Gasteiger partial charge in [0.05, 0.1) is 0 Å². The normalized spacial score (nSPS) is 15.4. The van der Waals surface area contributed by atoms with Crippen molar-refractivity contribution in [2.45, 2.75) is 27.7 Å². The van der Waals surface area contributed by atoms with E-state index in [1.807, 2.05) is 6.08 Å². The Hall–Kier alpha value is -0.790. The maximum absolute atomic E-state index is 5.54. The van der Waals surface area contributed by atoms with E-state index in [1.54, 1.807) is 7.05 Å². The zero-order valence-electron chi connectivity index (χ0n) is 8.10. The highest BCUT2D eigenvalue weighted by molar-refractivity contribution is 5.91. The molecule has 0 aromatic rings. The van der Waals surface area contributed by atoms with Gasteiger partial charge in [-0.15, -0.1) is 0 Å². The first-order valence-corrected chi connectivity index (χ1v) is 3.79. The molecule has 2 N–H and O–H groups in total. The Morgan fingerprint density at radius 2 is 1.82 bits per heavy atom. The molecule has 0 rings (SSSR count). The van der Waals surface area contributed by atoms with Crippen molar-refractivity contribution in [1.29, 1.82) is 0 Å². The molecule has 0 spiro atoms. The topological polar surface area (TPSA) is 38.4 Å². The lowest BCUT2D eigenvalue weighted by atomic mass is 9.87. The summed E-state index contributed by atoms with van der Waals surface area (Å²) in [5.41, 5.74) is 6.98. The molecule has 0 amide bonds. The molecule has 0 saturated heterocycles. The molecule has 2 nitrogen and oxygen atoms in total. The van der Waals surface area contributed by atoms with Crippen molar-refractivity contribution < 1.29 is 0 Å². The number of hydrogen-bond donors (Lipinski definition) is 1. The van der Waals surface area contributed by atoms with Gasteiger partial charge in [-0.3, -0.25) is 4.99 Å². The molecule has 0 aliphatic heterocycles. The number of hydrogen-bond acceptors (Lipinski definition) is 1. The third-order valence-electron chi connectivity index (χ3n) is 1.81. The predicted molar refractivity (Wildman–Crippen MR) is 50.8 cm³/mol. The van der Waals surface area contributed by atoms with Gasteiger partial charge in [-0.2, -0.15) is 0 Å². The fourth-order valence-corrected chi connectivity index (χ4v) is 0.503. The van der Waals surface area contributed by atoms with E-state index in [9.17, 15) is 0 Å². The van der Waals surface area contributed by atoms with Gasteiger partial charge in [0.1, 0.15) is 5.84 Å². The predicted octanol–water partition coefficient (Wildman–Crippen LogP) is 1.97. The third kappa shape index (κ3) is 3.81. The summed E-state index contributed by atoms with van der Waals surface area (Å²) < 4.78 is 0. The molecular weight excluding hydrogens is 136 g/mol.